The van der Waals surface area contributed by atoms with Crippen LogP contribution in [0.15, 0.2) is 54.1 Å². The Labute approximate surface area is 85.4 Å². The molecule has 1 unspecified atom stereocenters. The van der Waals surface area contributed by atoms with E-state index in [0.29, 0.717) is 0 Å². The molecule has 14 heavy (non-hydrogen) atoms. The predicted molar refractivity (Wildman–Crippen MR) is 60.0 cm³/mol. The molecule has 0 aliphatic rings. The molecule has 0 bridgehead atoms. The molecule has 1 rings (SSSR count). The fraction of sp³-hybridized carbons (Fsp3) is 0.231. The van der Waals surface area contributed by atoms with Crippen LogP contribution >= 0.6 is 0 Å². The average Bonchev–Trinajstić information content (AvgIpc) is 2.17. The summed E-state index contributed by atoms with van der Waals surface area (Å²) in [5, 5.41) is 9.89. The third-order valence-corrected chi connectivity index (χ3v) is 1.94. The Balaban J connectivity index is 2.81. The molecule has 1 atom stereocenters. The number of aliphatic hydroxyl groups is 1. The minimum atomic E-state index is -0.592. The molecule has 1 aromatic rings. The van der Waals surface area contributed by atoms with Crippen LogP contribution in [0.5, 0.6) is 0 Å². The SMILES string of the molecule is C=C(C=C(C)C)C(O)c1ccccc1. The molecule has 1 N–H and O–H groups in total. The molecule has 0 saturated heterocycles. The monoisotopic (exact) mass is 188 g/mol. The molecule has 0 amide bonds. The van der Waals surface area contributed by atoms with E-state index in [4.69, 9.17) is 0 Å². The molecule has 0 aromatic heterocycles. The summed E-state index contributed by atoms with van der Waals surface area (Å²) in [5.41, 5.74) is 2.76. The number of allylic oxidation sites excluding steroid dienone is 1. The molecular weight excluding hydrogens is 172 g/mol. The van der Waals surface area contributed by atoms with Crippen LogP contribution in [0.3, 0.4) is 0 Å². The van der Waals surface area contributed by atoms with Gasteiger partial charge in [0.25, 0.3) is 0 Å². The standard InChI is InChI=1S/C13H16O/c1-10(2)9-11(3)13(14)12-7-5-4-6-8-12/h4-9,13-14H,3H2,1-2H3. The second kappa shape index (κ2) is 4.77. The largest absolute Gasteiger partial charge is 0.384 e. The highest BCUT2D eigenvalue weighted by atomic mass is 16.3. The lowest BCUT2D eigenvalue weighted by Gasteiger charge is -2.11. The third-order valence-electron chi connectivity index (χ3n) is 1.94. The van der Waals surface area contributed by atoms with E-state index in [1.165, 1.54) is 0 Å². The average molecular weight is 188 g/mol. The summed E-state index contributed by atoms with van der Waals surface area (Å²) in [6, 6.07) is 9.55. The summed E-state index contributed by atoms with van der Waals surface area (Å²) in [6.07, 6.45) is 1.31. The molecule has 0 saturated carbocycles. The number of hydrogen-bond acceptors (Lipinski definition) is 1. The Kier molecular flexibility index (Phi) is 3.66. The van der Waals surface area contributed by atoms with Crippen molar-refractivity contribution in [3.05, 3.63) is 59.7 Å². The van der Waals surface area contributed by atoms with Crippen molar-refractivity contribution in [2.75, 3.05) is 0 Å². The first-order valence-electron chi connectivity index (χ1n) is 4.68. The minimum absolute atomic E-state index is 0.592. The quantitative estimate of drug-likeness (QED) is 0.722. The van der Waals surface area contributed by atoms with E-state index in [-0.39, 0.29) is 0 Å². The highest BCUT2D eigenvalue weighted by Gasteiger charge is 2.08. The fourth-order valence-electron chi connectivity index (χ4n) is 1.30. The van der Waals surface area contributed by atoms with E-state index < -0.39 is 6.10 Å². The Bertz CT molecular complexity index is 332. The van der Waals surface area contributed by atoms with Gasteiger partial charge in [-0.25, -0.2) is 0 Å². The van der Waals surface area contributed by atoms with Gasteiger partial charge in [0.1, 0.15) is 6.10 Å². The van der Waals surface area contributed by atoms with Gasteiger partial charge < -0.3 is 5.11 Å². The molecule has 0 radical (unpaired) electrons. The Hall–Kier alpha value is -1.34. The maximum Gasteiger partial charge on any atom is 0.103 e. The maximum absolute atomic E-state index is 9.89. The van der Waals surface area contributed by atoms with E-state index in [1.807, 2.05) is 50.3 Å². The van der Waals surface area contributed by atoms with Crippen LogP contribution < -0.4 is 0 Å². The number of rotatable bonds is 3. The first-order chi connectivity index (χ1) is 6.61. The molecule has 74 valence electrons. The number of hydrogen-bond donors (Lipinski definition) is 1. The zero-order chi connectivity index (χ0) is 10.6. The van der Waals surface area contributed by atoms with Crippen LogP contribution in [0, 0.1) is 0 Å². The lowest BCUT2D eigenvalue weighted by atomic mass is 10.0. The first-order valence-corrected chi connectivity index (χ1v) is 4.68. The van der Waals surface area contributed by atoms with Gasteiger partial charge in [0, 0.05) is 0 Å². The zero-order valence-electron chi connectivity index (χ0n) is 8.70. The smallest absolute Gasteiger partial charge is 0.103 e. The van der Waals surface area contributed by atoms with E-state index in [2.05, 4.69) is 6.58 Å². The maximum atomic E-state index is 9.89. The molecule has 0 spiro atoms. The molecule has 0 heterocycles. The van der Waals surface area contributed by atoms with E-state index in [9.17, 15) is 5.11 Å². The van der Waals surface area contributed by atoms with Gasteiger partial charge in [-0.05, 0) is 25.0 Å². The predicted octanol–water partition coefficient (Wildman–Crippen LogP) is 3.24. The molecule has 1 heteroatoms. The van der Waals surface area contributed by atoms with E-state index in [0.717, 1.165) is 16.7 Å². The number of aliphatic hydroxyl groups excluding tert-OH is 1. The highest BCUT2D eigenvalue weighted by molar-refractivity contribution is 5.31. The van der Waals surface area contributed by atoms with Crippen molar-refractivity contribution in [3.8, 4) is 0 Å². The second-order valence-corrected chi connectivity index (χ2v) is 3.61. The van der Waals surface area contributed by atoms with E-state index >= 15 is 0 Å². The van der Waals surface area contributed by atoms with Crippen LogP contribution in [0.1, 0.15) is 25.5 Å². The zero-order valence-corrected chi connectivity index (χ0v) is 8.70. The summed E-state index contributed by atoms with van der Waals surface area (Å²) in [5.74, 6) is 0. The van der Waals surface area contributed by atoms with Gasteiger partial charge >= 0.3 is 0 Å². The van der Waals surface area contributed by atoms with Crippen LogP contribution in [0.4, 0.5) is 0 Å². The van der Waals surface area contributed by atoms with Gasteiger partial charge in [0.05, 0.1) is 0 Å². The van der Waals surface area contributed by atoms with Crippen molar-refractivity contribution in [2.45, 2.75) is 20.0 Å². The molecule has 1 nitrogen and oxygen atoms in total. The van der Waals surface area contributed by atoms with Crippen molar-refractivity contribution in [1.29, 1.82) is 0 Å². The van der Waals surface area contributed by atoms with Crippen molar-refractivity contribution >= 4 is 0 Å². The number of benzene rings is 1. The van der Waals surface area contributed by atoms with Gasteiger partial charge in [0.2, 0.25) is 0 Å². The van der Waals surface area contributed by atoms with Gasteiger partial charge in [-0.3, -0.25) is 0 Å². The van der Waals surface area contributed by atoms with Crippen molar-refractivity contribution in [1.82, 2.24) is 0 Å². The molecule has 0 aliphatic heterocycles. The summed E-state index contributed by atoms with van der Waals surface area (Å²) in [6.45, 7) is 7.82. The summed E-state index contributed by atoms with van der Waals surface area (Å²) in [4.78, 5) is 0. The van der Waals surface area contributed by atoms with Gasteiger partial charge in [-0.2, -0.15) is 0 Å². The van der Waals surface area contributed by atoms with Gasteiger partial charge in [0.15, 0.2) is 0 Å². The van der Waals surface area contributed by atoms with Crippen molar-refractivity contribution in [2.24, 2.45) is 0 Å². The van der Waals surface area contributed by atoms with Crippen LogP contribution in [-0.2, 0) is 0 Å². The van der Waals surface area contributed by atoms with Gasteiger partial charge in [-0.15, -0.1) is 0 Å². The first kappa shape index (κ1) is 10.7. The van der Waals surface area contributed by atoms with Crippen LogP contribution in [-0.4, -0.2) is 5.11 Å². The third kappa shape index (κ3) is 2.86. The summed E-state index contributed by atoms with van der Waals surface area (Å²) >= 11 is 0. The fourth-order valence-corrected chi connectivity index (χ4v) is 1.30. The highest BCUT2D eigenvalue weighted by Crippen LogP contribution is 2.21. The Morgan fingerprint density at radius 1 is 1.29 bits per heavy atom. The molecule has 1 aromatic carbocycles. The normalized spacial score (nSPS) is 11.9. The molecule has 0 fully saturated rings. The second-order valence-electron chi connectivity index (χ2n) is 3.61. The van der Waals surface area contributed by atoms with Crippen molar-refractivity contribution < 1.29 is 5.11 Å². The molecular formula is C13H16O. The van der Waals surface area contributed by atoms with Crippen molar-refractivity contribution in [3.63, 3.8) is 0 Å². The van der Waals surface area contributed by atoms with Crippen LogP contribution in [0.25, 0.3) is 0 Å². The summed E-state index contributed by atoms with van der Waals surface area (Å²) in [7, 11) is 0. The minimum Gasteiger partial charge on any atom is -0.384 e. The lowest BCUT2D eigenvalue weighted by Crippen LogP contribution is -1.98. The Morgan fingerprint density at radius 3 is 2.36 bits per heavy atom. The van der Waals surface area contributed by atoms with Gasteiger partial charge in [-0.1, -0.05) is 48.6 Å². The Morgan fingerprint density at radius 2 is 1.86 bits per heavy atom. The lowest BCUT2D eigenvalue weighted by molar-refractivity contribution is 0.220. The summed E-state index contributed by atoms with van der Waals surface area (Å²) < 4.78 is 0. The van der Waals surface area contributed by atoms with E-state index in [1.54, 1.807) is 0 Å². The van der Waals surface area contributed by atoms with Crippen LogP contribution in [0.2, 0.25) is 0 Å². The topological polar surface area (TPSA) is 20.2 Å². The molecule has 0 aliphatic carbocycles.